The second-order valence-corrected chi connectivity index (χ2v) is 5.52. The van der Waals surface area contributed by atoms with Crippen LogP contribution in [-0.2, 0) is 0 Å². The third-order valence-corrected chi connectivity index (χ3v) is 4.06. The minimum Gasteiger partial charge on any atom is -0.306 e. The Bertz CT molecular complexity index is 613. The van der Waals surface area contributed by atoms with Crippen LogP contribution in [0.4, 0.5) is 8.78 Å². The molecule has 0 heterocycles. The number of nitrogens with one attached hydrogen (secondary N) is 1. The van der Waals surface area contributed by atoms with Crippen molar-refractivity contribution in [1.82, 2.24) is 5.32 Å². The van der Waals surface area contributed by atoms with Crippen molar-refractivity contribution in [2.24, 2.45) is 0 Å². The van der Waals surface area contributed by atoms with Crippen LogP contribution in [0.25, 0.3) is 0 Å². The van der Waals surface area contributed by atoms with Crippen LogP contribution in [0.2, 0.25) is 0 Å². The van der Waals surface area contributed by atoms with Crippen molar-refractivity contribution in [3.8, 4) is 0 Å². The van der Waals surface area contributed by atoms with Crippen molar-refractivity contribution in [1.29, 1.82) is 0 Å². The van der Waals surface area contributed by atoms with Crippen LogP contribution in [0.15, 0.2) is 40.9 Å². The Labute approximate surface area is 126 Å². The molecule has 106 valence electrons. The summed E-state index contributed by atoms with van der Waals surface area (Å²) in [6.07, 6.45) is 0. The van der Waals surface area contributed by atoms with Crippen molar-refractivity contribution in [2.75, 3.05) is 6.54 Å². The van der Waals surface area contributed by atoms with Gasteiger partial charge < -0.3 is 5.32 Å². The lowest BCUT2D eigenvalue weighted by Crippen LogP contribution is -2.23. The summed E-state index contributed by atoms with van der Waals surface area (Å²) in [5.41, 5.74) is 2.32. The highest BCUT2D eigenvalue weighted by molar-refractivity contribution is 9.10. The van der Waals surface area contributed by atoms with Gasteiger partial charge in [0.05, 0.1) is 6.04 Å². The first-order chi connectivity index (χ1) is 9.52. The summed E-state index contributed by atoms with van der Waals surface area (Å²) in [5, 5.41) is 3.20. The van der Waals surface area contributed by atoms with Gasteiger partial charge in [-0.15, -0.1) is 0 Å². The first-order valence-electron chi connectivity index (χ1n) is 6.47. The van der Waals surface area contributed by atoms with Gasteiger partial charge in [0.25, 0.3) is 0 Å². The molecule has 1 N–H and O–H groups in total. The number of rotatable bonds is 4. The number of hydrogen-bond donors (Lipinski definition) is 1. The minimum absolute atomic E-state index is 0.322. The lowest BCUT2D eigenvalue weighted by atomic mass is 9.97. The zero-order valence-corrected chi connectivity index (χ0v) is 13.0. The molecule has 1 unspecified atom stereocenters. The number of halogens is 3. The zero-order chi connectivity index (χ0) is 14.7. The second-order valence-electron chi connectivity index (χ2n) is 4.67. The molecule has 0 spiro atoms. The number of benzene rings is 2. The number of hydrogen-bond acceptors (Lipinski definition) is 1. The summed E-state index contributed by atoms with van der Waals surface area (Å²) in [4.78, 5) is 0. The molecule has 2 aromatic carbocycles. The summed E-state index contributed by atoms with van der Waals surface area (Å²) >= 11 is 3.48. The maximum absolute atomic E-state index is 14.0. The topological polar surface area (TPSA) is 12.0 Å². The SMILES string of the molecule is CCNC(c1ccc(C)c(Br)c1)c1cc(F)ccc1F. The highest BCUT2D eigenvalue weighted by Crippen LogP contribution is 2.28. The largest absolute Gasteiger partial charge is 0.306 e. The molecule has 4 heteroatoms. The third kappa shape index (κ3) is 3.25. The Kier molecular flexibility index (Phi) is 4.89. The van der Waals surface area contributed by atoms with Crippen molar-refractivity contribution in [2.45, 2.75) is 19.9 Å². The van der Waals surface area contributed by atoms with Gasteiger partial charge >= 0.3 is 0 Å². The highest BCUT2D eigenvalue weighted by atomic mass is 79.9. The highest BCUT2D eigenvalue weighted by Gasteiger charge is 2.18. The van der Waals surface area contributed by atoms with Crippen LogP contribution in [0.1, 0.15) is 29.7 Å². The molecule has 0 amide bonds. The molecule has 2 aromatic rings. The fourth-order valence-corrected chi connectivity index (χ4v) is 2.53. The monoisotopic (exact) mass is 339 g/mol. The van der Waals surface area contributed by atoms with E-state index in [1.807, 2.05) is 32.0 Å². The molecule has 0 radical (unpaired) electrons. The lowest BCUT2D eigenvalue weighted by molar-refractivity contribution is 0.544. The molecule has 0 aliphatic rings. The second kappa shape index (κ2) is 6.46. The van der Waals surface area contributed by atoms with Gasteiger partial charge in [-0.1, -0.05) is 35.0 Å². The van der Waals surface area contributed by atoms with E-state index in [1.54, 1.807) is 0 Å². The molecule has 0 saturated carbocycles. The molecule has 1 nitrogen and oxygen atoms in total. The van der Waals surface area contributed by atoms with Gasteiger partial charge in [0.2, 0.25) is 0 Å². The van der Waals surface area contributed by atoms with Crippen molar-refractivity contribution >= 4 is 15.9 Å². The van der Waals surface area contributed by atoms with Gasteiger partial charge in [0, 0.05) is 10.0 Å². The van der Waals surface area contributed by atoms with Gasteiger partial charge in [-0.05, 0) is 48.9 Å². The van der Waals surface area contributed by atoms with E-state index < -0.39 is 11.6 Å². The van der Waals surface area contributed by atoms with Crippen molar-refractivity contribution in [3.63, 3.8) is 0 Å². The Hall–Kier alpha value is -1.26. The van der Waals surface area contributed by atoms with Gasteiger partial charge in [-0.25, -0.2) is 8.78 Å². The standard InChI is InChI=1S/C16H16BrF2N/c1-3-20-16(11-5-4-10(2)14(17)8-11)13-9-12(18)6-7-15(13)19/h4-9,16,20H,3H2,1-2H3. The quantitative estimate of drug-likeness (QED) is 0.848. The number of aryl methyl sites for hydroxylation is 1. The normalized spacial score (nSPS) is 12.4. The zero-order valence-electron chi connectivity index (χ0n) is 11.4. The summed E-state index contributed by atoms with van der Waals surface area (Å²) in [5.74, 6) is -0.843. The van der Waals surface area contributed by atoms with Crippen LogP contribution >= 0.6 is 15.9 Å². The molecule has 0 fully saturated rings. The predicted octanol–water partition coefficient (Wildman–Crippen LogP) is 4.73. The van der Waals surface area contributed by atoms with Crippen LogP contribution in [-0.4, -0.2) is 6.54 Å². The Morgan fingerprint density at radius 1 is 1.15 bits per heavy atom. The molecule has 0 bridgehead atoms. The van der Waals surface area contributed by atoms with E-state index in [2.05, 4.69) is 21.2 Å². The minimum atomic E-state index is -0.435. The molecule has 20 heavy (non-hydrogen) atoms. The average molecular weight is 340 g/mol. The summed E-state index contributed by atoms with van der Waals surface area (Å²) in [6.45, 7) is 4.58. The van der Waals surface area contributed by atoms with Crippen molar-refractivity contribution < 1.29 is 8.78 Å². The van der Waals surface area contributed by atoms with E-state index in [9.17, 15) is 8.78 Å². The maximum Gasteiger partial charge on any atom is 0.128 e. The van der Waals surface area contributed by atoms with Crippen LogP contribution < -0.4 is 5.32 Å². The molecule has 0 saturated heterocycles. The van der Waals surface area contributed by atoms with Crippen LogP contribution in [0, 0.1) is 18.6 Å². The first-order valence-corrected chi connectivity index (χ1v) is 7.26. The van der Waals surface area contributed by atoms with E-state index >= 15 is 0 Å². The van der Waals surface area contributed by atoms with Gasteiger partial charge in [-0.3, -0.25) is 0 Å². The van der Waals surface area contributed by atoms with Gasteiger partial charge in [0.15, 0.2) is 0 Å². The molecule has 0 aliphatic heterocycles. The molecule has 1 atom stereocenters. The van der Waals surface area contributed by atoms with E-state index in [-0.39, 0.29) is 6.04 Å². The van der Waals surface area contributed by atoms with E-state index in [0.29, 0.717) is 12.1 Å². The van der Waals surface area contributed by atoms with Crippen molar-refractivity contribution in [3.05, 3.63) is 69.2 Å². The predicted molar refractivity (Wildman–Crippen MR) is 80.8 cm³/mol. The lowest BCUT2D eigenvalue weighted by Gasteiger charge is -2.20. The summed E-state index contributed by atoms with van der Waals surface area (Å²) in [7, 11) is 0. The summed E-state index contributed by atoms with van der Waals surface area (Å²) < 4.78 is 28.3. The molecule has 0 aromatic heterocycles. The molecule has 0 aliphatic carbocycles. The fourth-order valence-electron chi connectivity index (χ4n) is 2.14. The van der Waals surface area contributed by atoms with Gasteiger partial charge in [0.1, 0.15) is 11.6 Å². The van der Waals surface area contributed by atoms with E-state index in [0.717, 1.165) is 27.7 Å². The molecular formula is C16H16BrF2N. The summed E-state index contributed by atoms with van der Waals surface area (Å²) in [6, 6.07) is 9.00. The van der Waals surface area contributed by atoms with Crippen LogP contribution in [0.5, 0.6) is 0 Å². The molecule has 2 rings (SSSR count). The van der Waals surface area contributed by atoms with Crippen LogP contribution in [0.3, 0.4) is 0 Å². The first kappa shape index (κ1) is 15.1. The fraction of sp³-hybridized carbons (Fsp3) is 0.250. The molecular weight excluding hydrogens is 324 g/mol. The average Bonchev–Trinajstić information content (AvgIpc) is 2.42. The maximum atomic E-state index is 14.0. The van der Waals surface area contributed by atoms with E-state index in [4.69, 9.17) is 0 Å². The Balaban J connectivity index is 2.49. The third-order valence-electron chi connectivity index (χ3n) is 3.21. The smallest absolute Gasteiger partial charge is 0.128 e. The van der Waals surface area contributed by atoms with E-state index in [1.165, 1.54) is 6.07 Å². The van der Waals surface area contributed by atoms with Gasteiger partial charge in [-0.2, -0.15) is 0 Å². The Morgan fingerprint density at radius 3 is 2.55 bits per heavy atom. The Morgan fingerprint density at radius 2 is 1.90 bits per heavy atom.